The first-order chi connectivity index (χ1) is 6.81. The van der Waals surface area contributed by atoms with Crippen molar-refractivity contribution in [3.05, 3.63) is 15.0 Å². The molecule has 3 nitrogen and oxygen atoms in total. The monoisotopic (exact) mass is 230 g/mol. The molecule has 1 saturated heterocycles. The fourth-order valence-corrected chi connectivity index (χ4v) is 2.89. The van der Waals surface area contributed by atoms with Gasteiger partial charge in [0, 0.05) is 5.92 Å². The summed E-state index contributed by atoms with van der Waals surface area (Å²) >= 11 is 7.24. The van der Waals surface area contributed by atoms with E-state index in [1.165, 1.54) is 11.3 Å². The van der Waals surface area contributed by atoms with Gasteiger partial charge in [-0.25, -0.2) is 4.98 Å². The average molecular weight is 231 g/mol. The summed E-state index contributed by atoms with van der Waals surface area (Å²) < 4.78 is 0. The van der Waals surface area contributed by atoms with E-state index in [1.54, 1.807) is 0 Å². The number of thiazole rings is 1. The molecule has 0 saturated carbocycles. The lowest BCUT2D eigenvalue weighted by Gasteiger charge is -2.20. The fourth-order valence-electron chi connectivity index (χ4n) is 1.65. The molecular weight excluding hydrogens is 220 g/mol. The molecular formula is C9H11ClN2OS. The quantitative estimate of drug-likeness (QED) is 0.791. The molecule has 2 rings (SSSR count). The number of hydrogen-bond donors (Lipinski definition) is 1. The van der Waals surface area contributed by atoms with E-state index in [4.69, 9.17) is 11.6 Å². The highest BCUT2D eigenvalue weighted by molar-refractivity contribution is 7.14. The second-order valence-corrected chi connectivity index (χ2v) is 4.77. The number of piperidine rings is 1. The van der Waals surface area contributed by atoms with E-state index in [1.807, 2.05) is 0 Å². The number of nitrogens with zero attached hydrogens (tertiary/aromatic N) is 1. The Hall–Kier alpha value is -0.450. The Kier molecular flexibility index (Phi) is 3.15. The van der Waals surface area contributed by atoms with Crippen molar-refractivity contribution < 1.29 is 4.79 Å². The van der Waals surface area contributed by atoms with Gasteiger partial charge >= 0.3 is 0 Å². The zero-order valence-electron chi connectivity index (χ0n) is 7.62. The first-order valence-electron chi connectivity index (χ1n) is 4.63. The molecule has 5 heteroatoms. The number of carbonyl (C=O) groups is 1. The Labute approximate surface area is 91.5 Å². The lowest BCUT2D eigenvalue weighted by Crippen LogP contribution is -2.26. The van der Waals surface area contributed by atoms with Gasteiger partial charge in [0.2, 0.25) is 0 Å². The van der Waals surface area contributed by atoms with Crippen LogP contribution in [0.1, 0.15) is 33.4 Å². The first-order valence-corrected chi connectivity index (χ1v) is 5.83. The predicted molar refractivity (Wildman–Crippen MR) is 57.4 cm³/mol. The Morgan fingerprint density at radius 1 is 1.50 bits per heavy atom. The number of carbonyl (C=O) groups excluding carboxylic acids is 1. The highest BCUT2D eigenvalue weighted by Crippen LogP contribution is 2.31. The van der Waals surface area contributed by atoms with Gasteiger partial charge in [-0.15, -0.1) is 11.3 Å². The van der Waals surface area contributed by atoms with Crippen LogP contribution in [0.5, 0.6) is 0 Å². The van der Waals surface area contributed by atoms with Crippen molar-refractivity contribution in [2.45, 2.75) is 18.8 Å². The molecule has 76 valence electrons. The van der Waals surface area contributed by atoms with Crippen LogP contribution >= 0.6 is 22.9 Å². The molecule has 0 aromatic carbocycles. The van der Waals surface area contributed by atoms with Crippen LogP contribution in [0.25, 0.3) is 0 Å². The SMILES string of the molecule is O=Cc1sc(C2CCNCC2)nc1Cl. The van der Waals surface area contributed by atoms with E-state index in [2.05, 4.69) is 10.3 Å². The van der Waals surface area contributed by atoms with E-state index >= 15 is 0 Å². The van der Waals surface area contributed by atoms with Crippen LogP contribution < -0.4 is 5.32 Å². The van der Waals surface area contributed by atoms with E-state index < -0.39 is 0 Å². The van der Waals surface area contributed by atoms with Crippen LogP contribution in [0.15, 0.2) is 0 Å². The van der Waals surface area contributed by atoms with Crippen LogP contribution in [0, 0.1) is 0 Å². The Morgan fingerprint density at radius 2 is 2.21 bits per heavy atom. The topological polar surface area (TPSA) is 42.0 Å². The summed E-state index contributed by atoms with van der Waals surface area (Å²) in [6.07, 6.45) is 2.95. The standard InChI is InChI=1S/C9H11ClN2OS/c10-8-7(5-13)14-9(12-8)6-1-3-11-4-2-6/h5-6,11H,1-4H2. The summed E-state index contributed by atoms with van der Waals surface area (Å²) in [4.78, 5) is 15.4. The minimum absolute atomic E-state index is 0.360. The lowest BCUT2D eigenvalue weighted by molar-refractivity contribution is 0.112. The molecule has 2 heterocycles. The Morgan fingerprint density at radius 3 is 2.79 bits per heavy atom. The molecule has 0 amide bonds. The van der Waals surface area contributed by atoms with Gasteiger partial charge in [0.1, 0.15) is 4.88 Å². The summed E-state index contributed by atoms with van der Waals surface area (Å²) in [6, 6.07) is 0. The summed E-state index contributed by atoms with van der Waals surface area (Å²) in [5.41, 5.74) is 0. The second-order valence-electron chi connectivity index (χ2n) is 3.35. The summed E-state index contributed by atoms with van der Waals surface area (Å²) in [5.74, 6) is 0.479. The molecule has 1 aromatic heterocycles. The molecule has 0 aliphatic carbocycles. The maximum atomic E-state index is 10.6. The normalized spacial score (nSPS) is 18.4. The summed E-state index contributed by atoms with van der Waals surface area (Å²) in [6.45, 7) is 2.05. The number of hydrogen-bond acceptors (Lipinski definition) is 4. The van der Waals surface area contributed by atoms with Gasteiger partial charge in [0.15, 0.2) is 11.4 Å². The molecule has 0 spiro atoms. The molecule has 1 N–H and O–H groups in total. The molecule has 1 aliphatic heterocycles. The minimum Gasteiger partial charge on any atom is -0.317 e. The molecule has 0 atom stereocenters. The van der Waals surface area contributed by atoms with Crippen molar-refractivity contribution in [2.75, 3.05) is 13.1 Å². The second kappa shape index (κ2) is 4.38. The first kappa shape index (κ1) is 10.1. The van der Waals surface area contributed by atoms with Gasteiger partial charge in [-0.2, -0.15) is 0 Å². The van der Waals surface area contributed by atoms with E-state index in [0.717, 1.165) is 37.2 Å². The van der Waals surface area contributed by atoms with Crippen molar-refractivity contribution in [3.8, 4) is 0 Å². The Balaban J connectivity index is 2.18. The lowest BCUT2D eigenvalue weighted by atomic mass is 9.99. The maximum Gasteiger partial charge on any atom is 0.163 e. The zero-order valence-corrected chi connectivity index (χ0v) is 9.20. The van der Waals surface area contributed by atoms with E-state index in [9.17, 15) is 4.79 Å². The molecule has 1 aliphatic rings. The van der Waals surface area contributed by atoms with Crippen molar-refractivity contribution in [1.82, 2.24) is 10.3 Å². The number of nitrogens with one attached hydrogen (secondary N) is 1. The smallest absolute Gasteiger partial charge is 0.163 e. The highest BCUT2D eigenvalue weighted by atomic mass is 35.5. The van der Waals surface area contributed by atoms with Crippen molar-refractivity contribution in [3.63, 3.8) is 0 Å². The van der Waals surface area contributed by atoms with E-state index in [-0.39, 0.29) is 0 Å². The third kappa shape index (κ3) is 1.97. The molecule has 0 radical (unpaired) electrons. The van der Waals surface area contributed by atoms with Crippen molar-refractivity contribution in [2.24, 2.45) is 0 Å². The van der Waals surface area contributed by atoms with Crippen LogP contribution in [0.4, 0.5) is 0 Å². The largest absolute Gasteiger partial charge is 0.317 e. The molecule has 0 bridgehead atoms. The molecule has 0 unspecified atom stereocenters. The molecule has 1 aromatic rings. The van der Waals surface area contributed by atoms with Gasteiger partial charge in [-0.05, 0) is 25.9 Å². The van der Waals surface area contributed by atoms with Crippen molar-refractivity contribution in [1.29, 1.82) is 0 Å². The van der Waals surface area contributed by atoms with Crippen LogP contribution in [0.3, 0.4) is 0 Å². The molecule has 1 fully saturated rings. The highest BCUT2D eigenvalue weighted by Gasteiger charge is 2.20. The number of aromatic nitrogens is 1. The van der Waals surface area contributed by atoms with Gasteiger partial charge in [-0.3, -0.25) is 4.79 Å². The number of rotatable bonds is 2. The third-order valence-electron chi connectivity index (χ3n) is 2.42. The fraction of sp³-hybridized carbons (Fsp3) is 0.556. The van der Waals surface area contributed by atoms with Crippen LogP contribution in [0.2, 0.25) is 5.15 Å². The van der Waals surface area contributed by atoms with Crippen LogP contribution in [-0.4, -0.2) is 24.4 Å². The van der Waals surface area contributed by atoms with E-state index in [0.29, 0.717) is 15.9 Å². The Bertz CT molecular complexity index is 334. The van der Waals surface area contributed by atoms with Crippen LogP contribution in [-0.2, 0) is 0 Å². The van der Waals surface area contributed by atoms with Crippen molar-refractivity contribution >= 4 is 29.2 Å². The minimum atomic E-state index is 0.360. The zero-order chi connectivity index (χ0) is 9.97. The predicted octanol–water partition coefficient (Wildman–Crippen LogP) is 2.08. The summed E-state index contributed by atoms with van der Waals surface area (Å²) in [5, 5.41) is 4.67. The number of halogens is 1. The average Bonchev–Trinajstić information content (AvgIpc) is 2.61. The summed E-state index contributed by atoms with van der Waals surface area (Å²) in [7, 11) is 0. The maximum absolute atomic E-state index is 10.6. The number of aldehydes is 1. The van der Waals surface area contributed by atoms with Gasteiger partial charge < -0.3 is 5.32 Å². The van der Waals surface area contributed by atoms with Gasteiger partial charge in [0.05, 0.1) is 5.01 Å². The van der Waals surface area contributed by atoms with Gasteiger partial charge in [0.25, 0.3) is 0 Å². The molecule has 14 heavy (non-hydrogen) atoms. The van der Waals surface area contributed by atoms with Gasteiger partial charge in [-0.1, -0.05) is 11.6 Å². The third-order valence-corrected chi connectivity index (χ3v) is 3.97.